The van der Waals surface area contributed by atoms with Crippen LogP contribution in [0.4, 0.5) is 11.4 Å². The maximum Gasteiger partial charge on any atom is 0.298 e. The van der Waals surface area contributed by atoms with Gasteiger partial charge in [-0.1, -0.05) is 30.3 Å². The van der Waals surface area contributed by atoms with Gasteiger partial charge >= 0.3 is 0 Å². The molecule has 0 aliphatic carbocycles. The first-order valence-electron chi connectivity index (χ1n) is 7.16. The van der Waals surface area contributed by atoms with Crippen molar-refractivity contribution in [1.29, 1.82) is 0 Å². The van der Waals surface area contributed by atoms with E-state index >= 15 is 0 Å². The summed E-state index contributed by atoms with van der Waals surface area (Å²) in [6.45, 7) is 0. The molecule has 0 saturated heterocycles. The molecule has 3 rings (SSSR count). The molecule has 0 aliphatic rings. The highest BCUT2D eigenvalue weighted by molar-refractivity contribution is 7.86. The number of anilines is 2. The minimum Gasteiger partial charge on any atom is -0.504 e. The summed E-state index contributed by atoms with van der Waals surface area (Å²) in [7, 11) is -4.68. The Bertz CT molecular complexity index is 1090. The molecule has 25 heavy (non-hydrogen) atoms. The number of nitrogens with one attached hydrogen (secondary N) is 1. The Morgan fingerprint density at radius 3 is 2.44 bits per heavy atom. The predicted molar refractivity (Wildman–Crippen MR) is 94.2 cm³/mol. The van der Waals surface area contributed by atoms with Crippen molar-refractivity contribution in [2.45, 2.75) is 4.90 Å². The summed E-state index contributed by atoms with van der Waals surface area (Å²) in [4.78, 5) is 11.7. The fourth-order valence-corrected chi connectivity index (χ4v) is 3.12. The topological polar surface area (TPSA) is 130 Å². The van der Waals surface area contributed by atoms with Crippen LogP contribution < -0.4 is 11.1 Å². The van der Waals surface area contributed by atoms with Crippen LogP contribution in [0.1, 0.15) is 10.4 Å². The van der Waals surface area contributed by atoms with Crippen LogP contribution >= 0.6 is 0 Å². The molecule has 3 aromatic carbocycles. The van der Waals surface area contributed by atoms with E-state index in [1.807, 2.05) is 0 Å². The second-order valence-corrected chi connectivity index (χ2v) is 6.76. The zero-order valence-electron chi connectivity index (χ0n) is 12.8. The maximum absolute atomic E-state index is 12.4. The van der Waals surface area contributed by atoms with E-state index in [0.717, 1.165) is 6.07 Å². The van der Waals surface area contributed by atoms with Gasteiger partial charge in [0, 0.05) is 16.6 Å². The Labute approximate surface area is 143 Å². The average Bonchev–Trinajstić information content (AvgIpc) is 2.56. The number of hydrogen-bond acceptors (Lipinski definition) is 5. The summed E-state index contributed by atoms with van der Waals surface area (Å²) in [5.41, 5.74) is 6.16. The Balaban J connectivity index is 2.18. The van der Waals surface area contributed by atoms with Crippen molar-refractivity contribution < 1.29 is 22.9 Å². The Morgan fingerprint density at radius 2 is 1.76 bits per heavy atom. The largest absolute Gasteiger partial charge is 0.504 e. The second-order valence-electron chi connectivity index (χ2n) is 5.37. The molecule has 3 aromatic rings. The molecule has 0 aromatic heterocycles. The molecule has 128 valence electrons. The molecular weight excluding hydrogens is 344 g/mol. The van der Waals surface area contributed by atoms with Gasteiger partial charge < -0.3 is 16.2 Å². The summed E-state index contributed by atoms with van der Waals surface area (Å²) in [5.74, 6) is -1.32. The monoisotopic (exact) mass is 358 g/mol. The molecule has 7 nitrogen and oxygen atoms in total. The summed E-state index contributed by atoms with van der Waals surface area (Å²) in [6, 6.07) is 13.9. The minimum absolute atomic E-state index is 0.113. The number of nitrogen functional groups attached to an aromatic ring is 1. The highest BCUT2D eigenvalue weighted by Gasteiger charge is 2.22. The van der Waals surface area contributed by atoms with Crippen molar-refractivity contribution in [3.8, 4) is 5.75 Å². The van der Waals surface area contributed by atoms with Crippen molar-refractivity contribution in [2.24, 2.45) is 0 Å². The van der Waals surface area contributed by atoms with E-state index in [2.05, 4.69) is 5.32 Å². The maximum atomic E-state index is 12.4. The van der Waals surface area contributed by atoms with Crippen molar-refractivity contribution in [3.05, 3.63) is 60.2 Å². The zero-order chi connectivity index (χ0) is 18.2. The number of hydrogen-bond donors (Lipinski definition) is 4. The van der Waals surface area contributed by atoms with Crippen LogP contribution in [0.5, 0.6) is 5.75 Å². The molecule has 0 heterocycles. The van der Waals surface area contributed by atoms with Crippen molar-refractivity contribution in [1.82, 2.24) is 0 Å². The molecule has 0 atom stereocenters. The predicted octanol–water partition coefficient (Wildman–Crippen LogP) is 2.63. The lowest BCUT2D eigenvalue weighted by Crippen LogP contribution is -2.13. The van der Waals surface area contributed by atoms with E-state index in [4.69, 9.17) is 5.73 Å². The van der Waals surface area contributed by atoms with Gasteiger partial charge in [0.05, 0.1) is 5.69 Å². The number of carbonyl (C=O) groups excluding carboxylic acids is 1. The third kappa shape index (κ3) is 3.25. The highest BCUT2D eigenvalue weighted by Crippen LogP contribution is 2.38. The van der Waals surface area contributed by atoms with Crippen molar-refractivity contribution >= 4 is 38.2 Å². The molecular formula is C17H14N2O5S. The van der Waals surface area contributed by atoms with Gasteiger partial charge in [0.2, 0.25) is 0 Å². The lowest BCUT2D eigenvalue weighted by Gasteiger charge is -2.13. The average molecular weight is 358 g/mol. The third-order valence-corrected chi connectivity index (χ3v) is 4.52. The van der Waals surface area contributed by atoms with Gasteiger partial charge in [0.1, 0.15) is 4.90 Å². The summed E-state index contributed by atoms with van der Waals surface area (Å²) < 4.78 is 32.4. The van der Waals surface area contributed by atoms with Crippen LogP contribution in [0.25, 0.3) is 10.8 Å². The number of benzene rings is 3. The molecule has 1 amide bonds. The van der Waals surface area contributed by atoms with E-state index in [-0.39, 0.29) is 11.3 Å². The molecule has 0 bridgehead atoms. The van der Waals surface area contributed by atoms with Crippen molar-refractivity contribution in [2.75, 3.05) is 11.1 Å². The molecule has 0 radical (unpaired) electrons. The Morgan fingerprint density at radius 1 is 1.04 bits per heavy atom. The number of carbonyl (C=O) groups is 1. The Hall–Kier alpha value is -3.10. The molecule has 0 saturated carbocycles. The minimum atomic E-state index is -4.68. The van der Waals surface area contributed by atoms with Crippen LogP contribution in [-0.4, -0.2) is 24.0 Å². The first-order valence-corrected chi connectivity index (χ1v) is 8.60. The normalized spacial score (nSPS) is 11.4. The van der Waals surface area contributed by atoms with E-state index in [9.17, 15) is 22.9 Å². The highest BCUT2D eigenvalue weighted by atomic mass is 32.2. The van der Waals surface area contributed by atoms with Crippen LogP contribution in [0.3, 0.4) is 0 Å². The summed E-state index contributed by atoms with van der Waals surface area (Å²) in [6.07, 6.45) is 0. The smallest absolute Gasteiger partial charge is 0.298 e. The van der Waals surface area contributed by atoms with Gasteiger partial charge in [-0.2, -0.15) is 8.42 Å². The van der Waals surface area contributed by atoms with Gasteiger partial charge in [-0.3, -0.25) is 9.35 Å². The number of nitrogens with two attached hydrogens (primary N) is 1. The SMILES string of the molecule is Nc1cccc(C(=O)Nc2c(O)c(S(=O)(=O)O)cc3ccccc23)c1. The van der Waals surface area contributed by atoms with Crippen molar-refractivity contribution in [3.63, 3.8) is 0 Å². The number of amides is 1. The van der Waals surface area contributed by atoms with E-state index < -0.39 is 26.7 Å². The van der Waals surface area contributed by atoms with Crippen LogP contribution in [-0.2, 0) is 10.1 Å². The molecule has 8 heteroatoms. The Kier molecular flexibility index (Phi) is 4.07. The number of phenolic OH excluding ortho intramolecular Hbond substituents is 1. The lowest BCUT2D eigenvalue weighted by atomic mass is 10.1. The van der Waals surface area contributed by atoms with Crippen LogP contribution in [0, 0.1) is 0 Å². The first kappa shape index (κ1) is 16.7. The van der Waals surface area contributed by atoms with Gasteiger partial charge in [-0.25, -0.2) is 0 Å². The molecule has 5 N–H and O–H groups in total. The number of fused-ring (bicyclic) bond motifs is 1. The van der Waals surface area contributed by atoms with Gasteiger partial charge in [0.25, 0.3) is 16.0 Å². The number of phenols is 1. The van der Waals surface area contributed by atoms with E-state index in [1.54, 1.807) is 36.4 Å². The fourth-order valence-electron chi connectivity index (χ4n) is 2.50. The van der Waals surface area contributed by atoms with Gasteiger partial charge in [0.15, 0.2) is 5.75 Å². The van der Waals surface area contributed by atoms with Gasteiger partial charge in [-0.15, -0.1) is 0 Å². The van der Waals surface area contributed by atoms with Crippen LogP contribution in [0.15, 0.2) is 59.5 Å². The van der Waals surface area contributed by atoms with Gasteiger partial charge in [-0.05, 0) is 29.7 Å². The summed E-state index contributed by atoms with van der Waals surface area (Å²) >= 11 is 0. The first-order chi connectivity index (χ1) is 11.8. The standard InChI is InChI=1S/C17H14N2O5S/c18-12-6-3-5-11(8-12)17(21)19-15-13-7-2-1-4-10(13)9-14(16(15)20)25(22,23)24/h1-9,20H,18H2,(H,19,21)(H,22,23,24). The molecule has 0 unspecified atom stereocenters. The molecule has 0 spiro atoms. The van der Waals surface area contributed by atoms with E-state index in [1.165, 1.54) is 12.1 Å². The molecule has 0 aliphatic heterocycles. The lowest BCUT2D eigenvalue weighted by molar-refractivity contribution is 0.102. The zero-order valence-corrected chi connectivity index (χ0v) is 13.6. The molecule has 0 fully saturated rings. The number of aromatic hydroxyl groups is 1. The number of rotatable bonds is 3. The summed E-state index contributed by atoms with van der Waals surface area (Å²) in [5, 5.41) is 13.6. The quantitative estimate of drug-likeness (QED) is 0.323. The third-order valence-electron chi connectivity index (χ3n) is 3.65. The van der Waals surface area contributed by atoms with E-state index in [0.29, 0.717) is 16.5 Å². The van der Waals surface area contributed by atoms with Crippen LogP contribution in [0.2, 0.25) is 0 Å². The second kappa shape index (κ2) is 6.08. The fraction of sp³-hybridized carbons (Fsp3) is 0.